The second kappa shape index (κ2) is 10.5. The van der Waals surface area contributed by atoms with Crippen molar-refractivity contribution in [3.05, 3.63) is 94.2 Å². The Morgan fingerprint density at radius 3 is 2.43 bits per heavy atom. The van der Waals surface area contributed by atoms with Gasteiger partial charge < -0.3 is 19.9 Å². The molecule has 0 saturated carbocycles. The molecule has 2 heterocycles. The maximum absolute atomic E-state index is 12.7. The lowest BCUT2D eigenvalue weighted by atomic mass is 9.93. The summed E-state index contributed by atoms with van der Waals surface area (Å²) in [5, 5.41) is 13.0. The topological polar surface area (TPSA) is 111 Å². The predicted molar refractivity (Wildman–Crippen MR) is 139 cm³/mol. The second-order valence-electron chi connectivity index (χ2n) is 8.22. The molecule has 0 aliphatic carbocycles. The van der Waals surface area contributed by atoms with Gasteiger partial charge in [-0.2, -0.15) is 0 Å². The van der Waals surface area contributed by atoms with Crippen molar-refractivity contribution in [1.29, 1.82) is 0 Å². The molecule has 5 rings (SSSR count). The number of aromatic nitrogens is 2. The number of fused-ring (bicyclic) bond motifs is 1. The van der Waals surface area contributed by atoms with Crippen LogP contribution in [0.15, 0.2) is 73.1 Å². The fourth-order valence-electron chi connectivity index (χ4n) is 3.88. The number of anilines is 1. The number of aliphatic carboxylic acids is 1. The molecule has 1 atom stereocenters. The number of carboxylic acids is 1. The zero-order chi connectivity index (χ0) is 25.9. The van der Waals surface area contributed by atoms with Crippen molar-refractivity contribution in [1.82, 2.24) is 9.97 Å². The van der Waals surface area contributed by atoms with Crippen LogP contribution in [-0.2, 0) is 4.79 Å². The predicted octanol–water partition coefficient (Wildman–Crippen LogP) is 6.45. The Hall–Kier alpha value is -4.14. The number of ether oxygens (including phenoxy) is 2. The number of carboxylic acid groups (broad SMARTS) is 1. The molecule has 1 aliphatic rings. The number of hydrogen-bond acceptors (Lipinski definition) is 6. The summed E-state index contributed by atoms with van der Waals surface area (Å²) in [6.07, 6.45) is 3.43. The average molecular weight is 536 g/mol. The van der Waals surface area contributed by atoms with Crippen LogP contribution in [0.5, 0.6) is 17.2 Å². The number of carbonyl (C=O) groups excluding carboxylic acids is 1. The first-order valence-corrected chi connectivity index (χ1v) is 12.0. The van der Waals surface area contributed by atoms with E-state index in [0.29, 0.717) is 57.9 Å². The molecule has 1 aliphatic heterocycles. The molecule has 10 heteroatoms. The lowest BCUT2D eigenvalue weighted by Crippen LogP contribution is -2.20. The third-order valence-electron chi connectivity index (χ3n) is 5.78. The number of carbonyl (C=O) groups is 2. The summed E-state index contributed by atoms with van der Waals surface area (Å²) in [7, 11) is 0. The maximum atomic E-state index is 12.7. The Morgan fingerprint density at radius 1 is 1.00 bits per heavy atom. The van der Waals surface area contributed by atoms with Crippen LogP contribution < -0.4 is 14.8 Å². The van der Waals surface area contributed by atoms with E-state index in [1.165, 1.54) is 6.20 Å². The molecule has 0 saturated heterocycles. The highest BCUT2D eigenvalue weighted by molar-refractivity contribution is 6.32. The van der Waals surface area contributed by atoms with Gasteiger partial charge >= 0.3 is 5.97 Å². The first kappa shape index (κ1) is 24.5. The molecule has 1 aromatic heterocycles. The fraction of sp³-hybridized carbons (Fsp3) is 0.111. The molecule has 4 aromatic rings. The van der Waals surface area contributed by atoms with Gasteiger partial charge in [0.25, 0.3) is 5.91 Å². The van der Waals surface area contributed by atoms with E-state index < -0.39 is 11.9 Å². The van der Waals surface area contributed by atoms with Gasteiger partial charge in [-0.25, -0.2) is 4.98 Å². The van der Waals surface area contributed by atoms with E-state index >= 15 is 0 Å². The SMILES string of the molecule is O=C(Nc1cnc(-c2ccc(Cl)cc2)cn1)c1ccc(Oc2cc3c(cc2Cl)C(C(=O)O)CCO3)cc1. The van der Waals surface area contributed by atoms with Gasteiger partial charge in [-0.1, -0.05) is 35.3 Å². The largest absolute Gasteiger partial charge is 0.493 e. The molecular formula is C27H19Cl2N3O5. The molecule has 37 heavy (non-hydrogen) atoms. The van der Waals surface area contributed by atoms with Gasteiger partial charge in [0.2, 0.25) is 0 Å². The average Bonchev–Trinajstić information content (AvgIpc) is 2.90. The molecule has 2 N–H and O–H groups in total. The minimum Gasteiger partial charge on any atom is -0.493 e. The maximum Gasteiger partial charge on any atom is 0.311 e. The van der Waals surface area contributed by atoms with Gasteiger partial charge in [0, 0.05) is 27.8 Å². The van der Waals surface area contributed by atoms with Crippen molar-refractivity contribution in [3.8, 4) is 28.5 Å². The van der Waals surface area contributed by atoms with Crippen molar-refractivity contribution < 1.29 is 24.2 Å². The Labute approximate surface area is 221 Å². The highest BCUT2D eigenvalue weighted by atomic mass is 35.5. The lowest BCUT2D eigenvalue weighted by Gasteiger charge is -2.24. The van der Waals surface area contributed by atoms with Gasteiger partial charge in [0.1, 0.15) is 17.2 Å². The van der Waals surface area contributed by atoms with E-state index in [1.54, 1.807) is 54.7 Å². The van der Waals surface area contributed by atoms with Gasteiger partial charge in [-0.15, -0.1) is 0 Å². The van der Waals surface area contributed by atoms with Crippen molar-refractivity contribution in [2.45, 2.75) is 12.3 Å². The number of halogens is 2. The Kier molecular flexibility index (Phi) is 6.94. The first-order valence-electron chi connectivity index (χ1n) is 11.2. The number of rotatable bonds is 6. The molecule has 0 radical (unpaired) electrons. The molecule has 186 valence electrons. The molecule has 0 spiro atoms. The third-order valence-corrected chi connectivity index (χ3v) is 6.33. The van der Waals surface area contributed by atoms with E-state index in [9.17, 15) is 14.7 Å². The van der Waals surface area contributed by atoms with Crippen molar-refractivity contribution in [2.24, 2.45) is 0 Å². The van der Waals surface area contributed by atoms with Crippen LogP contribution in [0, 0.1) is 0 Å². The van der Waals surface area contributed by atoms with Gasteiger partial charge in [-0.05, 0) is 48.9 Å². The summed E-state index contributed by atoms with van der Waals surface area (Å²) in [6.45, 7) is 0.295. The van der Waals surface area contributed by atoms with Gasteiger partial charge in [-0.3, -0.25) is 14.6 Å². The van der Waals surface area contributed by atoms with Crippen LogP contribution in [0.3, 0.4) is 0 Å². The summed E-state index contributed by atoms with van der Waals surface area (Å²) in [5.41, 5.74) is 2.42. The minimum atomic E-state index is -0.924. The standard InChI is InChI=1S/C27H19Cl2N3O5/c28-17-5-1-15(2-6-17)22-13-31-25(14-30-22)32-26(33)16-3-7-18(8-4-16)37-24-12-23-20(11-21(24)29)19(27(34)35)9-10-36-23/h1-8,11-14,19H,9-10H2,(H,34,35)(H,31,32,33). The number of nitrogens with one attached hydrogen (secondary N) is 1. The van der Waals surface area contributed by atoms with Crippen LogP contribution in [0.25, 0.3) is 11.3 Å². The summed E-state index contributed by atoms with van der Waals surface area (Å²) in [6, 6.07) is 16.8. The normalized spacial score (nSPS) is 14.3. The van der Waals surface area contributed by atoms with Crippen LogP contribution in [-0.4, -0.2) is 33.6 Å². The monoisotopic (exact) mass is 535 g/mol. The zero-order valence-corrected chi connectivity index (χ0v) is 20.7. The van der Waals surface area contributed by atoms with Crippen LogP contribution in [0.1, 0.15) is 28.3 Å². The molecule has 0 bridgehead atoms. The Morgan fingerprint density at radius 2 is 1.76 bits per heavy atom. The van der Waals surface area contributed by atoms with Crippen molar-refractivity contribution in [3.63, 3.8) is 0 Å². The van der Waals surface area contributed by atoms with Crippen molar-refractivity contribution in [2.75, 3.05) is 11.9 Å². The third kappa shape index (κ3) is 5.50. The number of nitrogens with zero attached hydrogens (tertiary/aromatic N) is 2. The van der Waals surface area contributed by atoms with E-state index in [4.69, 9.17) is 32.7 Å². The highest BCUT2D eigenvalue weighted by Crippen LogP contribution is 2.41. The molecule has 1 unspecified atom stereocenters. The second-order valence-corrected chi connectivity index (χ2v) is 9.07. The molecule has 0 fully saturated rings. The minimum absolute atomic E-state index is 0.262. The molecule has 3 aromatic carbocycles. The van der Waals surface area contributed by atoms with Gasteiger partial charge in [0.05, 0.1) is 35.6 Å². The smallest absolute Gasteiger partial charge is 0.311 e. The summed E-state index contributed by atoms with van der Waals surface area (Å²) in [4.78, 5) is 32.8. The van der Waals surface area contributed by atoms with E-state index in [2.05, 4.69) is 15.3 Å². The Balaban J connectivity index is 1.25. The van der Waals surface area contributed by atoms with E-state index in [0.717, 1.165) is 5.56 Å². The van der Waals surface area contributed by atoms with Crippen LogP contribution in [0.4, 0.5) is 5.82 Å². The quantitative estimate of drug-likeness (QED) is 0.292. The van der Waals surface area contributed by atoms with E-state index in [1.807, 2.05) is 12.1 Å². The first-order chi connectivity index (χ1) is 17.9. The van der Waals surface area contributed by atoms with E-state index in [-0.39, 0.29) is 10.9 Å². The molecule has 1 amide bonds. The van der Waals surface area contributed by atoms with Crippen LogP contribution in [0.2, 0.25) is 10.0 Å². The Bertz CT molecular complexity index is 1460. The number of hydrogen-bond donors (Lipinski definition) is 2. The van der Waals surface area contributed by atoms with Crippen LogP contribution >= 0.6 is 23.2 Å². The highest BCUT2D eigenvalue weighted by Gasteiger charge is 2.29. The number of amides is 1. The van der Waals surface area contributed by atoms with Gasteiger partial charge in [0.15, 0.2) is 5.82 Å². The summed E-state index contributed by atoms with van der Waals surface area (Å²) in [5.74, 6) is -0.463. The molecular weight excluding hydrogens is 517 g/mol. The lowest BCUT2D eigenvalue weighted by molar-refractivity contribution is -0.139. The number of benzene rings is 3. The summed E-state index contributed by atoms with van der Waals surface area (Å²) >= 11 is 12.3. The zero-order valence-electron chi connectivity index (χ0n) is 19.2. The fourth-order valence-corrected chi connectivity index (χ4v) is 4.21. The molecule has 8 nitrogen and oxygen atoms in total. The van der Waals surface area contributed by atoms with Crippen molar-refractivity contribution >= 4 is 40.9 Å². The summed E-state index contributed by atoms with van der Waals surface area (Å²) < 4.78 is 11.5.